The van der Waals surface area contributed by atoms with Crippen LogP contribution in [-0.4, -0.2) is 55.7 Å². The van der Waals surface area contributed by atoms with Crippen molar-refractivity contribution in [3.63, 3.8) is 0 Å². The largest absolute Gasteiger partial charge is 0.395 e. The molecule has 1 N–H and O–H groups in total. The summed E-state index contributed by atoms with van der Waals surface area (Å²) in [7, 11) is 1.63. The normalized spacial score (nSPS) is 11.1. The maximum atomic E-state index is 12.0. The van der Waals surface area contributed by atoms with Gasteiger partial charge in [0, 0.05) is 25.1 Å². The standard InChI is InChI=1S/C12H19NO3S/c1-10-3-4-12(17-10)11(15)9-13(5-7-14)6-8-16-2/h3-4,14H,5-9H2,1-2H3. The molecule has 0 radical (unpaired) electrons. The second-order valence-corrected chi connectivity index (χ2v) is 5.11. The van der Waals surface area contributed by atoms with Crippen molar-refractivity contribution in [1.29, 1.82) is 0 Å². The van der Waals surface area contributed by atoms with Crippen LogP contribution < -0.4 is 0 Å². The van der Waals surface area contributed by atoms with Crippen molar-refractivity contribution in [2.24, 2.45) is 0 Å². The number of rotatable bonds is 8. The Kier molecular flexibility index (Phi) is 6.36. The number of hydrogen-bond acceptors (Lipinski definition) is 5. The van der Waals surface area contributed by atoms with Crippen molar-refractivity contribution in [3.8, 4) is 0 Å². The van der Waals surface area contributed by atoms with Crippen LogP contribution in [0.1, 0.15) is 14.5 Å². The van der Waals surface area contributed by atoms with Gasteiger partial charge in [-0.25, -0.2) is 0 Å². The number of hydrogen-bond donors (Lipinski definition) is 1. The van der Waals surface area contributed by atoms with Crippen LogP contribution in [0.15, 0.2) is 12.1 Å². The van der Waals surface area contributed by atoms with Crippen LogP contribution >= 0.6 is 11.3 Å². The minimum absolute atomic E-state index is 0.0560. The van der Waals surface area contributed by atoms with Gasteiger partial charge in [0.1, 0.15) is 0 Å². The first-order valence-corrected chi connectivity index (χ1v) is 6.40. The van der Waals surface area contributed by atoms with Crippen LogP contribution in [0.25, 0.3) is 0 Å². The quantitative estimate of drug-likeness (QED) is 0.711. The molecule has 0 fully saturated rings. The van der Waals surface area contributed by atoms with Crippen molar-refractivity contribution in [1.82, 2.24) is 4.90 Å². The van der Waals surface area contributed by atoms with E-state index in [0.29, 0.717) is 26.2 Å². The highest BCUT2D eigenvalue weighted by Crippen LogP contribution is 2.15. The van der Waals surface area contributed by atoms with Crippen LogP contribution in [0.5, 0.6) is 0 Å². The van der Waals surface area contributed by atoms with Gasteiger partial charge in [-0.15, -0.1) is 11.3 Å². The predicted molar refractivity (Wildman–Crippen MR) is 68.8 cm³/mol. The molecular formula is C12H19NO3S. The molecule has 0 unspecified atom stereocenters. The fourth-order valence-electron chi connectivity index (χ4n) is 1.50. The number of nitrogens with zero attached hydrogens (tertiary/aromatic N) is 1. The first-order chi connectivity index (χ1) is 8.17. The molecule has 0 amide bonds. The topological polar surface area (TPSA) is 49.8 Å². The number of methoxy groups -OCH3 is 1. The highest BCUT2D eigenvalue weighted by molar-refractivity contribution is 7.14. The Bertz CT molecular complexity index is 351. The first kappa shape index (κ1) is 14.3. The Hall–Kier alpha value is -0.750. The van der Waals surface area contributed by atoms with Gasteiger partial charge in [0.25, 0.3) is 0 Å². The molecular weight excluding hydrogens is 238 g/mol. The van der Waals surface area contributed by atoms with Gasteiger partial charge in [0.2, 0.25) is 0 Å². The second-order valence-electron chi connectivity index (χ2n) is 3.83. The molecule has 0 saturated heterocycles. The zero-order chi connectivity index (χ0) is 12.7. The lowest BCUT2D eigenvalue weighted by atomic mass is 10.3. The number of carbonyl (C=O) groups is 1. The Labute approximate surface area is 106 Å². The SMILES string of the molecule is COCCN(CCO)CC(=O)c1ccc(C)s1. The Morgan fingerprint density at radius 1 is 1.47 bits per heavy atom. The number of thiophene rings is 1. The number of aliphatic hydroxyl groups excluding tert-OH is 1. The van der Waals surface area contributed by atoms with Gasteiger partial charge in [-0.2, -0.15) is 0 Å². The molecule has 0 aliphatic heterocycles. The van der Waals surface area contributed by atoms with E-state index in [1.165, 1.54) is 11.3 Å². The monoisotopic (exact) mass is 257 g/mol. The molecule has 1 aromatic rings. The third-order valence-electron chi connectivity index (χ3n) is 2.41. The van der Waals surface area contributed by atoms with Crippen LogP contribution in [-0.2, 0) is 4.74 Å². The molecule has 17 heavy (non-hydrogen) atoms. The van der Waals surface area contributed by atoms with E-state index in [1.807, 2.05) is 24.0 Å². The number of aryl methyl sites for hydroxylation is 1. The van der Waals surface area contributed by atoms with E-state index in [1.54, 1.807) is 7.11 Å². The molecule has 0 saturated carbocycles. The van der Waals surface area contributed by atoms with Gasteiger partial charge < -0.3 is 9.84 Å². The summed E-state index contributed by atoms with van der Waals surface area (Å²) in [5.41, 5.74) is 0. The molecule has 0 aliphatic carbocycles. The van der Waals surface area contributed by atoms with Gasteiger partial charge in [-0.3, -0.25) is 9.69 Å². The average molecular weight is 257 g/mol. The lowest BCUT2D eigenvalue weighted by Gasteiger charge is -2.19. The molecule has 1 heterocycles. The van der Waals surface area contributed by atoms with Gasteiger partial charge in [-0.05, 0) is 19.1 Å². The molecule has 5 heteroatoms. The van der Waals surface area contributed by atoms with Crippen molar-refractivity contribution in [2.75, 3.05) is 40.0 Å². The van der Waals surface area contributed by atoms with E-state index in [4.69, 9.17) is 9.84 Å². The molecule has 96 valence electrons. The summed E-state index contributed by atoms with van der Waals surface area (Å²) in [6.07, 6.45) is 0. The maximum absolute atomic E-state index is 12.0. The Morgan fingerprint density at radius 3 is 2.76 bits per heavy atom. The van der Waals surface area contributed by atoms with Crippen LogP contribution in [0, 0.1) is 6.92 Å². The van der Waals surface area contributed by atoms with Crippen LogP contribution in [0.3, 0.4) is 0 Å². The van der Waals surface area contributed by atoms with Crippen molar-refractivity contribution in [2.45, 2.75) is 6.92 Å². The summed E-state index contributed by atoms with van der Waals surface area (Å²) < 4.78 is 4.98. The molecule has 0 bridgehead atoms. The summed E-state index contributed by atoms with van der Waals surface area (Å²) in [6.45, 7) is 4.10. The number of Topliss-reactive ketones (excluding diaryl/α,β-unsaturated/α-hetero) is 1. The highest BCUT2D eigenvalue weighted by Gasteiger charge is 2.13. The third-order valence-corrected chi connectivity index (χ3v) is 3.45. The average Bonchev–Trinajstić information content (AvgIpc) is 2.73. The number of ketones is 1. The third kappa shape index (κ3) is 4.95. The smallest absolute Gasteiger partial charge is 0.186 e. The molecule has 1 rings (SSSR count). The lowest BCUT2D eigenvalue weighted by molar-refractivity contribution is 0.0872. The fourth-order valence-corrected chi connectivity index (χ4v) is 2.29. The molecule has 0 spiro atoms. The minimum Gasteiger partial charge on any atom is -0.395 e. The van der Waals surface area contributed by atoms with Gasteiger partial charge in [0.15, 0.2) is 5.78 Å². The van der Waals surface area contributed by atoms with Gasteiger partial charge in [0.05, 0.1) is 24.6 Å². The molecule has 4 nitrogen and oxygen atoms in total. The molecule has 1 aromatic heterocycles. The predicted octanol–water partition coefficient (Wildman–Crippen LogP) is 1.18. The van der Waals surface area contributed by atoms with E-state index >= 15 is 0 Å². The summed E-state index contributed by atoms with van der Waals surface area (Å²) in [6, 6.07) is 3.80. The second kappa shape index (κ2) is 7.55. The van der Waals surface area contributed by atoms with Gasteiger partial charge >= 0.3 is 0 Å². The minimum atomic E-state index is 0.0560. The van der Waals surface area contributed by atoms with E-state index in [9.17, 15) is 4.79 Å². The van der Waals surface area contributed by atoms with Crippen molar-refractivity contribution < 1.29 is 14.6 Å². The van der Waals surface area contributed by atoms with E-state index in [0.717, 1.165) is 9.75 Å². The zero-order valence-electron chi connectivity index (χ0n) is 10.3. The van der Waals surface area contributed by atoms with E-state index < -0.39 is 0 Å². The van der Waals surface area contributed by atoms with E-state index in [2.05, 4.69) is 0 Å². The van der Waals surface area contributed by atoms with E-state index in [-0.39, 0.29) is 12.4 Å². The molecule has 0 aliphatic rings. The van der Waals surface area contributed by atoms with Crippen molar-refractivity contribution >= 4 is 17.1 Å². The first-order valence-electron chi connectivity index (χ1n) is 5.59. The maximum Gasteiger partial charge on any atom is 0.186 e. The lowest BCUT2D eigenvalue weighted by Crippen LogP contribution is -2.34. The molecule has 0 atom stereocenters. The summed E-state index contributed by atoms with van der Waals surface area (Å²) >= 11 is 1.51. The highest BCUT2D eigenvalue weighted by atomic mass is 32.1. The van der Waals surface area contributed by atoms with Crippen LogP contribution in [0.2, 0.25) is 0 Å². The van der Waals surface area contributed by atoms with Gasteiger partial charge in [-0.1, -0.05) is 0 Å². The zero-order valence-corrected chi connectivity index (χ0v) is 11.1. The Morgan fingerprint density at radius 2 is 2.24 bits per heavy atom. The fraction of sp³-hybridized carbons (Fsp3) is 0.583. The summed E-state index contributed by atoms with van der Waals surface area (Å²) in [5.74, 6) is 0.104. The Balaban J connectivity index is 2.51. The number of aliphatic hydroxyl groups is 1. The number of carbonyl (C=O) groups excluding carboxylic acids is 1. The number of ether oxygens (including phenoxy) is 1. The van der Waals surface area contributed by atoms with Crippen molar-refractivity contribution in [3.05, 3.63) is 21.9 Å². The van der Waals surface area contributed by atoms with Crippen LogP contribution in [0.4, 0.5) is 0 Å². The summed E-state index contributed by atoms with van der Waals surface area (Å²) in [5, 5.41) is 8.93. The molecule has 0 aromatic carbocycles. The summed E-state index contributed by atoms with van der Waals surface area (Å²) in [4.78, 5) is 15.8.